The number of rotatable bonds is 5. The van der Waals surface area contributed by atoms with Crippen molar-refractivity contribution in [3.05, 3.63) is 53.8 Å². The molecular weight excluding hydrogens is 403 g/mol. The Morgan fingerprint density at radius 1 is 1.03 bits per heavy atom. The minimum atomic E-state index is -0.676. The smallest absolute Gasteiger partial charge is 0.307 e. The zero-order valence-electron chi connectivity index (χ0n) is 17.5. The van der Waals surface area contributed by atoms with E-state index in [1.807, 2.05) is 4.90 Å². The number of carbonyl (C=O) groups excluding carboxylic acids is 2. The minimum Gasteiger partial charge on any atom is -0.493 e. The fourth-order valence-corrected chi connectivity index (χ4v) is 4.22. The number of methoxy groups -OCH3 is 2. The zero-order chi connectivity index (χ0) is 22.0. The number of hydrogen-bond donors (Lipinski definition) is 0. The lowest BCUT2D eigenvalue weighted by atomic mass is 9.93. The van der Waals surface area contributed by atoms with Crippen molar-refractivity contribution in [2.24, 2.45) is 5.92 Å². The van der Waals surface area contributed by atoms with Crippen LogP contribution in [0.1, 0.15) is 18.1 Å². The number of carbonyl (C=O) groups is 2. The fourth-order valence-electron chi connectivity index (χ4n) is 4.22. The zero-order valence-corrected chi connectivity index (χ0v) is 17.5. The maximum Gasteiger partial charge on any atom is 0.307 e. The number of anilines is 1. The molecule has 2 saturated heterocycles. The van der Waals surface area contributed by atoms with Crippen LogP contribution in [-0.2, 0) is 14.3 Å². The van der Waals surface area contributed by atoms with Gasteiger partial charge in [-0.05, 0) is 29.8 Å². The van der Waals surface area contributed by atoms with Gasteiger partial charge in [-0.15, -0.1) is 0 Å². The van der Waals surface area contributed by atoms with Gasteiger partial charge < -0.3 is 24.0 Å². The molecule has 2 aromatic carbocycles. The van der Waals surface area contributed by atoms with Gasteiger partial charge in [0.1, 0.15) is 11.9 Å². The molecule has 0 saturated carbocycles. The second-order valence-corrected chi connectivity index (χ2v) is 7.60. The van der Waals surface area contributed by atoms with Crippen molar-refractivity contribution in [1.82, 2.24) is 4.90 Å². The maximum absolute atomic E-state index is 14.1. The molecule has 164 valence electrons. The predicted molar refractivity (Wildman–Crippen MR) is 112 cm³/mol. The first kappa shape index (κ1) is 21.0. The summed E-state index contributed by atoms with van der Waals surface area (Å²) in [5.74, 6) is -0.339. The van der Waals surface area contributed by atoms with Crippen LogP contribution in [0.25, 0.3) is 0 Å². The number of para-hydroxylation sites is 1. The first-order valence-electron chi connectivity index (χ1n) is 10.2. The van der Waals surface area contributed by atoms with E-state index in [1.54, 1.807) is 48.4 Å². The summed E-state index contributed by atoms with van der Waals surface area (Å²) >= 11 is 0. The molecule has 1 amide bonds. The van der Waals surface area contributed by atoms with E-state index in [4.69, 9.17) is 14.2 Å². The third-order valence-corrected chi connectivity index (χ3v) is 5.85. The summed E-state index contributed by atoms with van der Waals surface area (Å²) in [4.78, 5) is 29.0. The largest absolute Gasteiger partial charge is 0.493 e. The van der Waals surface area contributed by atoms with Gasteiger partial charge in [-0.1, -0.05) is 18.2 Å². The van der Waals surface area contributed by atoms with Gasteiger partial charge in [0.15, 0.2) is 11.5 Å². The molecule has 0 radical (unpaired) electrons. The molecule has 2 heterocycles. The van der Waals surface area contributed by atoms with Crippen molar-refractivity contribution in [2.75, 3.05) is 45.3 Å². The highest BCUT2D eigenvalue weighted by atomic mass is 19.1. The summed E-state index contributed by atoms with van der Waals surface area (Å²) in [6.45, 7) is 1.96. The molecule has 2 aromatic rings. The first-order valence-corrected chi connectivity index (χ1v) is 10.2. The molecule has 0 unspecified atom stereocenters. The summed E-state index contributed by atoms with van der Waals surface area (Å²) in [6, 6.07) is 11.9. The van der Waals surface area contributed by atoms with E-state index in [0.29, 0.717) is 48.9 Å². The van der Waals surface area contributed by atoms with Crippen molar-refractivity contribution in [3.63, 3.8) is 0 Å². The number of cyclic esters (lactones) is 1. The third kappa shape index (κ3) is 4.15. The number of esters is 1. The van der Waals surface area contributed by atoms with E-state index in [2.05, 4.69) is 0 Å². The van der Waals surface area contributed by atoms with Gasteiger partial charge in [0.25, 0.3) is 0 Å². The Morgan fingerprint density at radius 3 is 2.42 bits per heavy atom. The summed E-state index contributed by atoms with van der Waals surface area (Å²) < 4.78 is 30.2. The van der Waals surface area contributed by atoms with Gasteiger partial charge >= 0.3 is 5.97 Å². The monoisotopic (exact) mass is 428 g/mol. The van der Waals surface area contributed by atoms with E-state index >= 15 is 0 Å². The average Bonchev–Trinajstić information content (AvgIpc) is 3.20. The summed E-state index contributed by atoms with van der Waals surface area (Å²) in [6.07, 6.45) is -0.643. The molecule has 0 spiro atoms. The van der Waals surface area contributed by atoms with Gasteiger partial charge in [0, 0.05) is 26.2 Å². The first-order chi connectivity index (χ1) is 15.0. The summed E-state index contributed by atoms with van der Waals surface area (Å²) in [7, 11) is 3.07. The van der Waals surface area contributed by atoms with E-state index < -0.39 is 18.0 Å². The third-order valence-electron chi connectivity index (χ3n) is 5.85. The predicted octanol–water partition coefficient (Wildman–Crippen LogP) is 2.80. The molecule has 8 heteroatoms. The molecule has 31 heavy (non-hydrogen) atoms. The standard InChI is InChI=1S/C23H25FN2O5/c1-29-19-8-7-15(13-20(19)30-2)22-16(14-21(27)31-22)23(28)26-11-9-25(10-12-26)18-6-4-3-5-17(18)24/h3-8,13,16,22H,9-12,14H2,1-2H3/t16-,22-/m1/s1. The van der Waals surface area contributed by atoms with Gasteiger partial charge in [-0.2, -0.15) is 0 Å². The SMILES string of the molecule is COc1ccc([C@H]2OC(=O)C[C@H]2C(=O)N2CCN(c3ccccc3F)CC2)cc1OC. The minimum absolute atomic E-state index is 0.0331. The Labute approximate surface area is 180 Å². The number of hydrogen-bond acceptors (Lipinski definition) is 6. The van der Waals surface area contributed by atoms with E-state index in [0.717, 1.165) is 0 Å². The lowest BCUT2D eigenvalue weighted by Gasteiger charge is -2.37. The molecule has 2 aliphatic rings. The number of ether oxygens (including phenoxy) is 3. The van der Waals surface area contributed by atoms with E-state index in [1.165, 1.54) is 13.2 Å². The number of benzene rings is 2. The Bertz CT molecular complexity index is 974. The van der Waals surface area contributed by atoms with Crippen LogP contribution in [-0.4, -0.2) is 57.2 Å². The molecule has 0 aromatic heterocycles. The molecular formula is C23H25FN2O5. The van der Waals surface area contributed by atoms with Crippen molar-refractivity contribution >= 4 is 17.6 Å². The van der Waals surface area contributed by atoms with E-state index in [-0.39, 0.29) is 18.1 Å². The average molecular weight is 428 g/mol. The highest BCUT2D eigenvalue weighted by Gasteiger charge is 2.43. The fraction of sp³-hybridized carbons (Fsp3) is 0.391. The molecule has 0 aliphatic carbocycles. The van der Waals surface area contributed by atoms with Crippen LogP contribution in [0.4, 0.5) is 10.1 Å². The van der Waals surface area contributed by atoms with Crippen molar-refractivity contribution in [2.45, 2.75) is 12.5 Å². The van der Waals surface area contributed by atoms with Gasteiger partial charge in [-0.25, -0.2) is 4.39 Å². The molecule has 4 rings (SSSR count). The van der Waals surface area contributed by atoms with Crippen LogP contribution >= 0.6 is 0 Å². The van der Waals surface area contributed by atoms with Crippen molar-refractivity contribution < 1.29 is 28.2 Å². The quantitative estimate of drug-likeness (QED) is 0.683. The van der Waals surface area contributed by atoms with Gasteiger partial charge in [-0.3, -0.25) is 9.59 Å². The molecule has 2 aliphatic heterocycles. The van der Waals surface area contributed by atoms with Crippen LogP contribution in [0, 0.1) is 11.7 Å². The van der Waals surface area contributed by atoms with Crippen molar-refractivity contribution in [3.8, 4) is 11.5 Å². The van der Waals surface area contributed by atoms with E-state index in [9.17, 15) is 14.0 Å². The van der Waals surface area contributed by atoms with Crippen molar-refractivity contribution in [1.29, 1.82) is 0 Å². The second-order valence-electron chi connectivity index (χ2n) is 7.60. The Hall–Kier alpha value is -3.29. The summed E-state index contributed by atoms with van der Waals surface area (Å²) in [5.41, 5.74) is 1.23. The molecule has 0 bridgehead atoms. The normalized spacial score (nSPS) is 21.1. The van der Waals surface area contributed by atoms with Crippen LogP contribution < -0.4 is 14.4 Å². The number of amides is 1. The second kappa shape index (κ2) is 8.83. The number of piperazine rings is 1. The lowest BCUT2D eigenvalue weighted by Crippen LogP contribution is -2.51. The van der Waals surface area contributed by atoms with Gasteiger partial charge in [0.2, 0.25) is 5.91 Å². The van der Waals surface area contributed by atoms with Gasteiger partial charge in [0.05, 0.1) is 32.2 Å². The Morgan fingerprint density at radius 2 is 1.74 bits per heavy atom. The van der Waals surface area contributed by atoms with Crippen LogP contribution in [0.5, 0.6) is 11.5 Å². The highest BCUT2D eigenvalue weighted by molar-refractivity contribution is 5.87. The van der Waals surface area contributed by atoms with Crippen LogP contribution in [0.3, 0.4) is 0 Å². The highest BCUT2D eigenvalue weighted by Crippen LogP contribution is 2.40. The molecule has 2 atom stereocenters. The Kier molecular flexibility index (Phi) is 5.97. The van der Waals surface area contributed by atoms with Crippen LogP contribution in [0.15, 0.2) is 42.5 Å². The number of nitrogens with zero attached hydrogens (tertiary/aromatic N) is 2. The molecule has 0 N–H and O–H groups in total. The lowest BCUT2D eigenvalue weighted by molar-refractivity contribution is -0.142. The maximum atomic E-state index is 14.1. The Balaban J connectivity index is 1.48. The van der Waals surface area contributed by atoms with Crippen LogP contribution in [0.2, 0.25) is 0 Å². The topological polar surface area (TPSA) is 68.3 Å². The molecule has 7 nitrogen and oxygen atoms in total. The molecule has 2 fully saturated rings. The number of halogens is 1. The summed E-state index contributed by atoms with van der Waals surface area (Å²) in [5, 5.41) is 0.